The number of esters is 1. The van der Waals surface area contributed by atoms with Gasteiger partial charge in [-0.25, -0.2) is 4.79 Å². The molecule has 6 nitrogen and oxygen atoms in total. The molecule has 0 saturated carbocycles. The van der Waals surface area contributed by atoms with Crippen LogP contribution in [0.4, 0.5) is 4.79 Å². The summed E-state index contributed by atoms with van der Waals surface area (Å²) in [5.41, 5.74) is 1.49. The number of hydrogen-bond donors (Lipinski definition) is 0. The highest BCUT2D eigenvalue weighted by atomic mass is 35.5. The van der Waals surface area contributed by atoms with Gasteiger partial charge in [-0.15, -0.1) is 0 Å². The van der Waals surface area contributed by atoms with Gasteiger partial charge in [0.25, 0.3) is 11.1 Å². The highest BCUT2D eigenvalue weighted by Gasteiger charge is 2.35. The number of benzene rings is 2. The number of hydrogen-bond acceptors (Lipinski definition) is 6. The molecule has 0 atom stereocenters. The van der Waals surface area contributed by atoms with E-state index in [0.29, 0.717) is 32.7 Å². The molecule has 0 radical (unpaired) electrons. The van der Waals surface area contributed by atoms with Gasteiger partial charge >= 0.3 is 5.97 Å². The Balaban J connectivity index is 1.55. The van der Waals surface area contributed by atoms with E-state index in [2.05, 4.69) is 0 Å². The zero-order valence-electron chi connectivity index (χ0n) is 16.9. The summed E-state index contributed by atoms with van der Waals surface area (Å²) >= 11 is 18.8. The van der Waals surface area contributed by atoms with Crippen LogP contribution < -0.4 is 0 Å². The fourth-order valence-electron chi connectivity index (χ4n) is 3.12. The topological polar surface area (TPSA) is 76.8 Å². The summed E-state index contributed by atoms with van der Waals surface area (Å²) in [6, 6.07) is 13.1. The molecule has 1 aromatic heterocycles. The number of rotatable bonds is 5. The number of imide groups is 1. The maximum absolute atomic E-state index is 12.8. The molecule has 33 heavy (non-hydrogen) atoms. The van der Waals surface area contributed by atoms with Crippen molar-refractivity contribution in [2.75, 3.05) is 7.11 Å². The quantitative estimate of drug-likeness (QED) is 0.267. The number of carbonyl (C=O) groups is 3. The Kier molecular flexibility index (Phi) is 6.86. The Bertz CT molecular complexity index is 1320. The summed E-state index contributed by atoms with van der Waals surface area (Å²) in [6.07, 6.45) is 1.50. The van der Waals surface area contributed by atoms with E-state index in [-0.39, 0.29) is 22.0 Å². The van der Waals surface area contributed by atoms with Crippen molar-refractivity contribution in [1.82, 2.24) is 4.90 Å². The first-order valence-corrected chi connectivity index (χ1v) is 11.4. The van der Waals surface area contributed by atoms with Crippen LogP contribution in [0, 0.1) is 0 Å². The minimum atomic E-state index is -0.565. The standard InChI is InChI=1S/C23H14Cl3NO5S/c1-31-22(29)15-9-13(3-6-16(15)24)19-7-4-14(32-19)10-20-21(28)27(23(30)33-20)11-12-2-5-17(25)18(26)8-12/h2-10H,11H2,1H3/b20-10+. The fourth-order valence-corrected chi connectivity index (χ4v) is 4.45. The third-order valence-electron chi connectivity index (χ3n) is 4.75. The minimum absolute atomic E-state index is 0.0728. The van der Waals surface area contributed by atoms with E-state index in [1.165, 1.54) is 13.2 Å². The summed E-state index contributed by atoms with van der Waals surface area (Å²) in [4.78, 5) is 38.4. The first-order valence-electron chi connectivity index (χ1n) is 9.44. The maximum Gasteiger partial charge on any atom is 0.339 e. The van der Waals surface area contributed by atoms with Crippen molar-refractivity contribution in [1.29, 1.82) is 0 Å². The van der Waals surface area contributed by atoms with E-state index in [0.717, 1.165) is 16.7 Å². The van der Waals surface area contributed by atoms with Crippen LogP contribution in [0.5, 0.6) is 0 Å². The highest BCUT2D eigenvalue weighted by Crippen LogP contribution is 2.35. The first kappa shape index (κ1) is 23.4. The fraction of sp³-hybridized carbons (Fsp3) is 0.0870. The predicted octanol–water partition coefficient (Wildman–Crippen LogP) is 6.93. The smallest absolute Gasteiger partial charge is 0.339 e. The van der Waals surface area contributed by atoms with E-state index >= 15 is 0 Å². The lowest BCUT2D eigenvalue weighted by atomic mass is 10.1. The van der Waals surface area contributed by atoms with Gasteiger partial charge in [0.05, 0.1) is 39.2 Å². The lowest BCUT2D eigenvalue weighted by molar-refractivity contribution is -0.123. The number of halogens is 3. The van der Waals surface area contributed by atoms with Crippen LogP contribution in [0.15, 0.2) is 57.9 Å². The third-order valence-corrected chi connectivity index (χ3v) is 6.73. The lowest BCUT2D eigenvalue weighted by Gasteiger charge is -2.12. The summed E-state index contributed by atoms with van der Waals surface area (Å²) in [7, 11) is 1.27. The van der Waals surface area contributed by atoms with Gasteiger partial charge in [-0.3, -0.25) is 14.5 Å². The molecule has 0 aliphatic carbocycles. The van der Waals surface area contributed by atoms with Crippen molar-refractivity contribution < 1.29 is 23.5 Å². The Morgan fingerprint density at radius 3 is 2.52 bits per heavy atom. The molecule has 2 amide bonds. The maximum atomic E-state index is 12.8. The van der Waals surface area contributed by atoms with E-state index in [9.17, 15) is 14.4 Å². The number of thioether (sulfide) groups is 1. The monoisotopic (exact) mass is 521 g/mol. The summed E-state index contributed by atoms with van der Waals surface area (Å²) in [5, 5.41) is 0.595. The normalized spacial score (nSPS) is 14.9. The Morgan fingerprint density at radius 2 is 1.79 bits per heavy atom. The van der Waals surface area contributed by atoms with Crippen LogP contribution in [-0.4, -0.2) is 29.1 Å². The molecule has 4 rings (SSSR count). The zero-order chi connectivity index (χ0) is 23.7. The summed E-state index contributed by atoms with van der Waals surface area (Å²) in [5.74, 6) is -0.171. The molecule has 3 aromatic rings. The average Bonchev–Trinajstić information content (AvgIpc) is 3.36. The number of methoxy groups -OCH3 is 1. The SMILES string of the molecule is COC(=O)c1cc(-c2ccc(/C=C3/SC(=O)N(Cc4ccc(Cl)c(Cl)c4)C3=O)o2)ccc1Cl. The molecule has 1 aliphatic rings. The van der Waals surface area contributed by atoms with Crippen LogP contribution in [-0.2, 0) is 16.1 Å². The predicted molar refractivity (Wildman–Crippen MR) is 128 cm³/mol. The molecule has 1 fully saturated rings. The second-order valence-corrected chi connectivity index (χ2v) is 9.12. The molecular formula is C23H14Cl3NO5S. The summed E-state index contributed by atoms with van der Waals surface area (Å²) in [6.45, 7) is 0.0728. The molecule has 0 unspecified atom stereocenters. The third kappa shape index (κ3) is 4.96. The van der Waals surface area contributed by atoms with Crippen molar-refractivity contribution >= 4 is 69.8 Å². The zero-order valence-corrected chi connectivity index (χ0v) is 20.0. The van der Waals surface area contributed by atoms with Crippen LogP contribution in [0.2, 0.25) is 15.1 Å². The summed E-state index contributed by atoms with van der Waals surface area (Å²) < 4.78 is 10.5. The van der Waals surface area contributed by atoms with Gasteiger partial charge in [0, 0.05) is 11.6 Å². The van der Waals surface area contributed by atoms with Gasteiger partial charge in [0.1, 0.15) is 11.5 Å². The lowest BCUT2D eigenvalue weighted by Crippen LogP contribution is -2.27. The van der Waals surface area contributed by atoms with Crippen molar-refractivity contribution in [3.05, 3.63) is 85.4 Å². The average molecular weight is 523 g/mol. The molecule has 1 aliphatic heterocycles. The molecule has 10 heteroatoms. The van der Waals surface area contributed by atoms with Crippen molar-refractivity contribution in [2.24, 2.45) is 0 Å². The number of furan rings is 1. The van der Waals surface area contributed by atoms with E-state index in [1.807, 2.05) is 0 Å². The van der Waals surface area contributed by atoms with E-state index in [4.69, 9.17) is 44.0 Å². The number of nitrogens with zero attached hydrogens (tertiary/aromatic N) is 1. The first-order chi connectivity index (χ1) is 15.8. The second-order valence-electron chi connectivity index (χ2n) is 6.90. The van der Waals surface area contributed by atoms with Crippen molar-refractivity contribution in [2.45, 2.75) is 6.54 Å². The molecule has 2 heterocycles. The second kappa shape index (κ2) is 9.65. The van der Waals surface area contributed by atoms with E-state index < -0.39 is 17.1 Å². The van der Waals surface area contributed by atoms with Gasteiger partial charge in [-0.2, -0.15) is 0 Å². The molecule has 0 N–H and O–H groups in total. The van der Waals surface area contributed by atoms with Gasteiger partial charge in [0.2, 0.25) is 0 Å². The minimum Gasteiger partial charge on any atom is -0.465 e. The molecule has 2 aromatic carbocycles. The van der Waals surface area contributed by atoms with Gasteiger partial charge < -0.3 is 9.15 Å². The Morgan fingerprint density at radius 1 is 1.03 bits per heavy atom. The molecular weight excluding hydrogens is 509 g/mol. The van der Waals surface area contributed by atoms with Crippen molar-refractivity contribution in [3.8, 4) is 11.3 Å². The molecule has 1 saturated heterocycles. The number of amides is 2. The van der Waals surface area contributed by atoms with Crippen LogP contribution >= 0.6 is 46.6 Å². The number of ether oxygens (including phenoxy) is 1. The van der Waals surface area contributed by atoms with Crippen molar-refractivity contribution in [3.63, 3.8) is 0 Å². The van der Waals surface area contributed by atoms with E-state index in [1.54, 1.807) is 48.5 Å². The number of carbonyl (C=O) groups excluding carboxylic acids is 3. The Labute approximate surface area is 208 Å². The highest BCUT2D eigenvalue weighted by molar-refractivity contribution is 8.18. The largest absolute Gasteiger partial charge is 0.465 e. The molecule has 0 bridgehead atoms. The van der Waals surface area contributed by atoms with Gasteiger partial charge in [-0.05, 0) is 59.8 Å². The molecule has 168 valence electrons. The van der Waals surface area contributed by atoms with Gasteiger partial charge in [-0.1, -0.05) is 40.9 Å². The van der Waals surface area contributed by atoms with Crippen LogP contribution in [0.25, 0.3) is 17.4 Å². The van der Waals surface area contributed by atoms with Crippen LogP contribution in [0.1, 0.15) is 21.7 Å². The Hall–Kier alpha value is -2.71. The molecule has 0 spiro atoms. The van der Waals surface area contributed by atoms with Crippen LogP contribution in [0.3, 0.4) is 0 Å². The van der Waals surface area contributed by atoms with Gasteiger partial charge in [0.15, 0.2) is 0 Å².